The third-order valence-corrected chi connectivity index (χ3v) is 6.20. The van der Waals surface area contributed by atoms with Crippen LogP contribution in [0.4, 0.5) is 0 Å². The molecule has 0 aromatic rings. The van der Waals surface area contributed by atoms with E-state index in [1.807, 2.05) is 34.6 Å². The van der Waals surface area contributed by atoms with Gasteiger partial charge in [0.25, 0.3) is 0 Å². The summed E-state index contributed by atoms with van der Waals surface area (Å²) in [6.07, 6.45) is 7.44. The maximum Gasteiger partial charge on any atom is 0.462 e. The van der Waals surface area contributed by atoms with Gasteiger partial charge in [0, 0.05) is 24.1 Å². The maximum absolute atomic E-state index is 12.3. The fraction of sp³-hybridized carbons (Fsp3) is 0.737. The third kappa shape index (κ3) is 5.23. The van der Waals surface area contributed by atoms with Crippen molar-refractivity contribution < 1.29 is 18.7 Å². The zero-order chi connectivity index (χ0) is 19.7. The second kappa shape index (κ2) is 8.19. The predicted octanol–water partition coefficient (Wildman–Crippen LogP) is 3.20. The van der Waals surface area contributed by atoms with E-state index in [-0.39, 0.29) is 30.1 Å². The van der Waals surface area contributed by atoms with Crippen LogP contribution >= 0.6 is 0 Å². The molecule has 1 aliphatic heterocycles. The molecule has 1 aliphatic carbocycles. The topological polar surface area (TPSA) is 70.6 Å². The zero-order valence-corrected chi connectivity index (χ0v) is 17.9. The van der Waals surface area contributed by atoms with Crippen LogP contribution in [-0.4, -0.2) is 41.0 Å². The van der Waals surface area contributed by atoms with E-state index in [0.717, 1.165) is 17.6 Å². The normalized spacial score (nSPS) is 32.1. The predicted molar refractivity (Wildman–Crippen MR) is 107 cm³/mol. The highest BCUT2D eigenvalue weighted by atomic mass is 32.2. The lowest BCUT2D eigenvalue weighted by Crippen LogP contribution is -2.41. The van der Waals surface area contributed by atoms with Crippen molar-refractivity contribution in [3.63, 3.8) is 0 Å². The molecule has 0 saturated carbocycles. The molecule has 146 valence electrons. The summed E-state index contributed by atoms with van der Waals surface area (Å²) in [4.78, 5) is 12.3. The van der Waals surface area contributed by atoms with Crippen LogP contribution in [0.15, 0.2) is 23.3 Å². The van der Waals surface area contributed by atoms with Gasteiger partial charge in [-0.1, -0.05) is 13.0 Å². The van der Waals surface area contributed by atoms with Gasteiger partial charge in [0.1, 0.15) is 6.26 Å². The van der Waals surface area contributed by atoms with Crippen molar-refractivity contribution in [3.8, 4) is 0 Å². The van der Waals surface area contributed by atoms with Gasteiger partial charge in [0.05, 0.1) is 17.2 Å². The minimum absolute atomic E-state index is 0.113. The van der Waals surface area contributed by atoms with E-state index in [1.165, 1.54) is 0 Å². The second-order valence-electron chi connectivity index (χ2n) is 8.46. The average Bonchev–Trinajstić information content (AvgIpc) is 2.67. The molecule has 0 amide bonds. The smallest absolute Gasteiger partial charge is 0.462 e. The van der Waals surface area contributed by atoms with Crippen molar-refractivity contribution in [1.29, 1.82) is 0 Å². The SMILES string of the molecule is CC1/C=C(CB2OC(C)(C)C(C)(C)O2)\C([C@H](C)N[S@+](C)[O-])=C/C(=O)CC1. The molecule has 1 fully saturated rings. The lowest BCUT2D eigenvalue weighted by molar-refractivity contribution is -0.114. The van der Waals surface area contributed by atoms with Gasteiger partial charge in [-0.15, -0.1) is 4.72 Å². The van der Waals surface area contributed by atoms with E-state index in [0.29, 0.717) is 18.7 Å². The Morgan fingerprint density at radius 1 is 1.35 bits per heavy atom. The van der Waals surface area contributed by atoms with Crippen LogP contribution in [0.5, 0.6) is 0 Å². The first-order chi connectivity index (χ1) is 11.9. The summed E-state index contributed by atoms with van der Waals surface area (Å²) in [5.74, 6) is 0.404. The summed E-state index contributed by atoms with van der Waals surface area (Å²) in [6, 6.07) is -0.191. The van der Waals surface area contributed by atoms with Crippen LogP contribution in [0.25, 0.3) is 0 Å². The Bertz CT molecular complexity index is 584. The highest BCUT2D eigenvalue weighted by Crippen LogP contribution is 2.39. The Labute approximate surface area is 161 Å². The fourth-order valence-electron chi connectivity index (χ4n) is 3.36. The zero-order valence-electron chi connectivity index (χ0n) is 17.0. The van der Waals surface area contributed by atoms with Crippen LogP contribution < -0.4 is 4.72 Å². The van der Waals surface area contributed by atoms with E-state index in [1.54, 1.807) is 12.3 Å². The van der Waals surface area contributed by atoms with Gasteiger partial charge in [-0.2, -0.15) is 0 Å². The van der Waals surface area contributed by atoms with Crippen molar-refractivity contribution in [2.45, 2.75) is 77.9 Å². The van der Waals surface area contributed by atoms with E-state index < -0.39 is 11.4 Å². The number of nitrogens with one attached hydrogen (secondary N) is 1. The summed E-state index contributed by atoms with van der Waals surface area (Å²) in [5, 5.41) is 0. The number of rotatable bonds is 5. The van der Waals surface area contributed by atoms with Gasteiger partial charge in [0.2, 0.25) is 0 Å². The third-order valence-electron chi connectivity index (χ3n) is 5.52. The molecule has 0 spiro atoms. The van der Waals surface area contributed by atoms with Gasteiger partial charge in [-0.05, 0) is 64.2 Å². The highest BCUT2D eigenvalue weighted by Gasteiger charge is 2.51. The summed E-state index contributed by atoms with van der Waals surface area (Å²) < 4.78 is 27.0. The van der Waals surface area contributed by atoms with Crippen molar-refractivity contribution >= 4 is 24.3 Å². The molecule has 0 aromatic carbocycles. The number of allylic oxidation sites excluding steroid dienone is 2. The molecule has 5 nitrogen and oxygen atoms in total. The Morgan fingerprint density at radius 3 is 2.46 bits per heavy atom. The molecule has 2 rings (SSSR count). The van der Waals surface area contributed by atoms with Gasteiger partial charge < -0.3 is 13.9 Å². The molecule has 0 bridgehead atoms. The molecule has 26 heavy (non-hydrogen) atoms. The second-order valence-corrected chi connectivity index (χ2v) is 9.60. The van der Waals surface area contributed by atoms with Crippen LogP contribution in [0.2, 0.25) is 6.32 Å². The fourth-order valence-corrected chi connectivity index (χ4v) is 3.99. The molecule has 0 aromatic heterocycles. The number of carbonyl (C=O) groups is 1. The van der Waals surface area contributed by atoms with Gasteiger partial charge in [-0.25, -0.2) is 0 Å². The summed E-state index contributed by atoms with van der Waals surface area (Å²) in [7, 11) is -0.365. The first-order valence-corrected chi connectivity index (χ1v) is 10.9. The molecule has 1 saturated heterocycles. The molecular formula is C19H32BNO4S. The monoisotopic (exact) mass is 381 g/mol. The molecule has 1 N–H and O–H groups in total. The van der Waals surface area contributed by atoms with Gasteiger partial charge >= 0.3 is 7.12 Å². The summed E-state index contributed by atoms with van der Waals surface area (Å²) in [6.45, 7) is 12.2. The maximum atomic E-state index is 12.3. The Kier molecular flexibility index (Phi) is 6.84. The standard InChI is InChI=1S/C19H32BNO4S/c1-13-8-9-16(22)11-17(14(2)21-26(7)23)15(10-13)12-20-24-18(3,4)19(5,6)25-20/h10-11,13-14,21H,8-9,12H2,1-7H3/b15-10-,17-11-/t13?,14-,26-/m0/s1. The minimum Gasteiger partial charge on any atom is -0.598 e. The quantitative estimate of drug-likeness (QED) is 0.585. The first kappa shape index (κ1) is 21.7. The molecule has 1 unspecified atom stereocenters. The Morgan fingerprint density at radius 2 is 1.92 bits per heavy atom. The van der Waals surface area contributed by atoms with Crippen molar-refractivity contribution in [1.82, 2.24) is 4.72 Å². The van der Waals surface area contributed by atoms with E-state index >= 15 is 0 Å². The molecule has 7 heteroatoms. The van der Waals surface area contributed by atoms with Gasteiger partial charge in [-0.3, -0.25) is 4.79 Å². The largest absolute Gasteiger partial charge is 0.598 e. The molecule has 3 atom stereocenters. The van der Waals surface area contributed by atoms with E-state index in [2.05, 4.69) is 17.7 Å². The summed E-state index contributed by atoms with van der Waals surface area (Å²) >= 11 is -1.16. The minimum atomic E-state index is -1.16. The van der Waals surface area contributed by atoms with Crippen LogP contribution in [0, 0.1) is 5.92 Å². The molecule has 2 aliphatic rings. The van der Waals surface area contributed by atoms with Crippen molar-refractivity contribution in [3.05, 3.63) is 23.3 Å². The average molecular weight is 381 g/mol. The molecule has 0 radical (unpaired) electrons. The lowest BCUT2D eigenvalue weighted by atomic mass is 9.75. The molecular weight excluding hydrogens is 349 g/mol. The van der Waals surface area contributed by atoms with Gasteiger partial charge in [0.15, 0.2) is 5.78 Å². The van der Waals surface area contributed by atoms with E-state index in [4.69, 9.17) is 9.31 Å². The van der Waals surface area contributed by atoms with E-state index in [9.17, 15) is 9.35 Å². The Hall–Kier alpha value is -0.595. The number of carbonyl (C=O) groups excluding carboxylic acids is 1. The van der Waals surface area contributed by atoms with Crippen molar-refractivity contribution in [2.24, 2.45) is 5.92 Å². The van der Waals surface area contributed by atoms with Crippen LogP contribution in [0.3, 0.4) is 0 Å². The highest BCUT2D eigenvalue weighted by molar-refractivity contribution is 7.88. The first-order valence-electron chi connectivity index (χ1n) is 9.32. The summed E-state index contributed by atoms with van der Waals surface area (Å²) in [5.41, 5.74) is 1.14. The van der Waals surface area contributed by atoms with Crippen molar-refractivity contribution in [2.75, 3.05) is 6.26 Å². The molecule has 1 heterocycles. The lowest BCUT2D eigenvalue weighted by Gasteiger charge is -2.32. The van der Waals surface area contributed by atoms with Crippen LogP contribution in [0.1, 0.15) is 54.4 Å². The number of ketones is 1. The Balaban J connectivity index is 2.29. The number of hydrogen-bond donors (Lipinski definition) is 1. The van der Waals surface area contributed by atoms with Crippen LogP contribution in [-0.2, 0) is 25.5 Å². The number of hydrogen-bond acceptors (Lipinski definition) is 5.